The first kappa shape index (κ1) is 14.5. The number of para-hydroxylation sites is 1. The monoisotopic (exact) mass is 310 g/mol. The number of carbonyl (C=O) groups excluding carboxylic acids is 1. The molecule has 0 radical (unpaired) electrons. The standard InChI is InChI=1S/C18H22N4O/c23-17(21-11-8-18(14-21)6-9-19-10-7-18)15-12-20-22(13-15)16-4-2-1-3-5-16/h1-5,12-13,19H,6-11,14H2. The second-order valence-electron chi connectivity index (χ2n) is 6.74. The molecule has 1 aromatic heterocycles. The van der Waals surface area contributed by atoms with Crippen molar-refractivity contribution < 1.29 is 4.79 Å². The van der Waals surface area contributed by atoms with Crippen LogP contribution in [-0.4, -0.2) is 46.8 Å². The van der Waals surface area contributed by atoms with Crippen molar-refractivity contribution in [1.29, 1.82) is 0 Å². The molecule has 1 amide bonds. The second kappa shape index (κ2) is 5.81. The normalized spacial score (nSPS) is 20.1. The fourth-order valence-electron chi connectivity index (χ4n) is 3.81. The van der Waals surface area contributed by atoms with Crippen molar-refractivity contribution in [2.45, 2.75) is 19.3 Å². The fraction of sp³-hybridized carbons (Fsp3) is 0.444. The Morgan fingerprint density at radius 1 is 1.13 bits per heavy atom. The van der Waals surface area contributed by atoms with E-state index < -0.39 is 0 Å². The summed E-state index contributed by atoms with van der Waals surface area (Å²) in [4.78, 5) is 14.8. The highest BCUT2D eigenvalue weighted by Crippen LogP contribution is 2.38. The minimum Gasteiger partial charge on any atom is -0.338 e. The van der Waals surface area contributed by atoms with Crippen LogP contribution in [-0.2, 0) is 0 Å². The smallest absolute Gasteiger partial charge is 0.257 e. The van der Waals surface area contributed by atoms with Gasteiger partial charge >= 0.3 is 0 Å². The van der Waals surface area contributed by atoms with Gasteiger partial charge in [0.15, 0.2) is 0 Å². The van der Waals surface area contributed by atoms with Gasteiger partial charge in [0.25, 0.3) is 5.91 Å². The molecule has 0 saturated carbocycles. The summed E-state index contributed by atoms with van der Waals surface area (Å²) in [6, 6.07) is 9.89. The Kier molecular flexibility index (Phi) is 3.65. The maximum absolute atomic E-state index is 12.8. The number of piperidine rings is 1. The number of nitrogens with one attached hydrogen (secondary N) is 1. The van der Waals surface area contributed by atoms with Crippen molar-refractivity contribution in [2.24, 2.45) is 5.41 Å². The zero-order valence-corrected chi connectivity index (χ0v) is 13.2. The Hall–Kier alpha value is -2.14. The predicted octanol–water partition coefficient (Wildman–Crippen LogP) is 2.09. The van der Waals surface area contributed by atoms with Gasteiger partial charge in [-0.15, -0.1) is 0 Å². The molecule has 4 rings (SSSR count). The summed E-state index contributed by atoms with van der Waals surface area (Å²) >= 11 is 0. The van der Waals surface area contributed by atoms with E-state index >= 15 is 0 Å². The molecule has 0 bridgehead atoms. The Balaban J connectivity index is 1.49. The van der Waals surface area contributed by atoms with Crippen LogP contribution in [0.3, 0.4) is 0 Å². The summed E-state index contributed by atoms with van der Waals surface area (Å²) in [7, 11) is 0. The Morgan fingerprint density at radius 2 is 1.91 bits per heavy atom. The first-order valence-electron chi connectivity index (χ1n) is 8.36. The third-order valence-electron chi connectivity index (χ3n) is 5.24. The summed E-state index contributed by atoms with van der Waals surface area (Å²) in [5.74, 6) is 0.114. The molecule has 3 heterocycles. The van der Waals surface area contributed by atoms with E-state index in [4.69, 9.17) is 0 Å². The van der Waals surface area contributed by atoms with Gasteiger partial charge in [-0.3, -0.25) is 4.79 Å². The molecular formula is C18H22N4O. The SMILES string of the molecule is O=C(c1cnn(-c2ccccc2)c1)N1CCC2(CCNCC2)C1. The molecule has 2 fully saturated rings. The Bertz CT molecular complexity index is 688. The molecular weight excluding hydrogens is 288 g/mol. The van der Waals surface area contributed by atoms with Crippen LogP contribution < -0.4 is 5.32 Å². The lowest BCUT2D eigenvalue weighted by atomic mass is 9.78. The molecule has 5 heteroatoms. The van der Waals surface area contributed by atoms with Crippen molar-refractivity contribution in [2.75, 3.05) is 26.2 Å². The molecule has 0 unspecified atom stereocenters. The second-order valence-corrected chi connectivity index (χ2v) is 6.74. The van der Waals surface area contributed by atoms with Gasteiger partial charge in [-0.05, 0) is 49.9 Å². The van der Waals surface area contributed by atoms with Crippen LogP contribution in [0.1, 0.15) is 29.6 Å². The van der Waals surface area contributed by atoms with Crippen LogP contribution in [0.2, 0.25) is 0 Å². The maximum Gasteiger partial charge on any atom is 0.257 e. The minimum atomic E-state index is 0.114. The number of rotatable bonds is 2. The van der Waals surface area contributed by atoms with E-state index in [1.807, 2.05) is 41.4 Å². The molecule has 5 nitrogen and oxygen atoms in total. The van der Waals surface area contributed by atoms with Crippen LogP contribution >= 0.6 is 0 Å². The topological polar surface area (TPSA) is 50.2 Å². The largest absolute Gasteiger partial charge is 0.338 e. The number of aromatic nitrogens is 2. The number of hydrogen-bond acceptors (Lipinski definition) is 3. The van der Waals surface area contributed by atoms with E-state index in [9.17, 15) is 4.79 Å². The van der Waals surface area contributed by atoms with Gasteiger partial charge in [0.2, 0.25) is 0 Å². The average Bonchev–Trinajstić information content (AvgIpc) is 3.24. The highest BCUT2D eigenvalue weighted by molar-refractivity contribution is 5.94. The minimum absolute atomic E-state index is 0.114. The molecule has 0 atom stereocenters. The molecule has 2 aliphatic rings. The maximum atomic E-state index is 12.8. The first-order valence-corrected chi connectivity index (χ1v) is 8.36. The molecule has 2 saturated heterocycles. The first-order chi connectivity index (χ1) is 11.3. The van der Waals surface area contributed by atoms with Gasteiger partial charge in [0.05, 0.1) is 17.4 Å². The van der Waals surface area contributed by atoms with Gasteiger partial charge < -0.3 is 10.2 Å². The van der Waals surface area contributed by atoms with Crippen LogP contribution in [0.5, 0.6) is 0 Å². The van der Waals surface area contributed by atoms with E-state index in [0.717, 1.165) is 38.3 Å². The van der Waals surface area contributed by atoms with Gasteiger partial charge in [-0.2, -0.15) is 5.10 Å². The van der Waals surface area contributed by atoms with E-state index in [0.29, 0.717) is 11.0 Å². The molecule has 1 spiro atoms. The Morgan fingerprint density at radius 3 is 2.70 bits per heavy atom. The number of likely N-dealkylation sites (tertiary alicyclic amines) is 1. The molecule has 120 valence electrons. The van der Waals surface area contributed by atoms with Crippen molar-refractivity contribution in [3.63, 3.8) is 0 Å². The van der Waals surface area contributed by atoms with Crippen LogP contribution in [0, 0.1) is 5.41 Å². The van der Waals surface area contributed by atoms with Gasteiger partial charge in [0, 0.05) is 19.3 Å². The molecule has 0 aliphatic carbocycles. The zero-order chi connectivity index (χ0) is 15.7. The molecule has 23 heavy (non-hydrogen) atoms. The quantitative estimate of drug-likeness (QED) is 0.924. The van der Waals surface area contributed by atoms with Gasteiger partial charge in [0.1, 0.15) is 0 Å². The summed E-state index contributed by atoms with van der Waals surface area (Å²) in [6.45, 7) is 3.92. The third kappa shape index (κ3) is 2.77. The summed E-state index contributed by atoms with van der Waals surface area (Å²) in [5, 5.41) is 7.76. The lowest BCUT2D eigenvalue weighted by molar-refractivity contribution is 0.0762. The number of hydrogen-bond donors (Lipinski definition) is 1. The Labute approximate surface area is 136 Å². The van der Waals surface area contributed by atoms with Crippen LogP contribution in [0.4, 0.5) is 0 Å². The molecule has 1 aromatic carbocycles. The molecule has 1 N–H and O–H groups in total. The van der Waals surface area contributed by atoms with Gasteiger partial charge in [-0.25, -0.2) is 4.68 Å². The number of amides is 1. The number of benzene rings is 1. The number of carbonyl (C=O) groups is 1. The zero-order valence-electron chi connectivity index (χ0n) is 13.2. The van der Waals surface area contributed by atoms with E-state index in [1.54, 1.807) is 10.9 Å². The molecule has 2 aromatic rings. The molecule has 2 aliphatic heterocycles. The van der Waals surface area contributed by atoms with Gasteiger partial charge in [-0.1, -0.05) is 18.2 Å². The van der Waals surface area contributed by atoms with Crippen LogP contribution in [0.25, 0.3) is 5.69 Å². The third-order valence-corrected chi connectivity index (χ3v) is 5.24. The average molecular weight is 310 g/mol. The van der Waals surface area contributed by atoms with E-state index in [-0.39, 0.29) is 5.91 Å². The fourth-order valence-corrected chi connectivity index (χ4v) is 3.81. The lowest BCUT2D eigenvalue weighted by Gasteiger charge is -2.33. The summed E-state index contributed by atoms with van der Waals surface area (Å²) in [6.07, 6.45) is 7.02. The summed E-state index contributed by atoms with van der Waals surface area (Å²) < 4.78 is 1.77. The van der Waals surface area contributed by atoms with Crippen molar-refractivity contribution in [3.05, 3.63) is 48.3 Å². The number of nitrogens with zero attached hydrogens (tertiary/aromatic N) is 3. The van der Waals surface area contributed by atoms with Crippen molar-refractivity contribution in [1.82, 2.24) is 20.0 Å². The highest BCUT2D eigenvalue weighted by atomic mass is 16.2. The van der Waals surface area contributed by atoms with Crippen molar-refractivity contribution >= 4 is 5.91 Å². The van der Waals surface area contributed by atoms with Crippen molar-refractivity contribution in [3.8, 4) is 5.69 Å². The predicted molar refractivity (Wildman–Crippen MR) is 88.6 cm³/mol. The highest BCUT2D eigenvalue weighted by Gasteiger charge is 2.40. The lowest BCUT2D eigenvalue weighted by Crippen LogP contribution is -2.39. The van der Waals surface area contributed by atoms with E-state index in [2.05, 4.69) is 10.4 Å². The van der Waals surface area contributed by atoms with E-state index in [1.165, 1.54) is 12.8 Å². The van der Waals surface area contributed by atoms with Crippen LogP contribution in [0.15, 0.2) is 42.7 Å². The summed E-state index contributed by atoms with van der Waals surface area (Å²) in [5.41, 5.74) is 2.00.